The molecule has 3 atom stereocenters. The molecule has 0 saturated heterocycles. The maximum Gasteiger partial charge on any atom is 0.259 e. The fourth-order valence-electron chi connectivity index (χ4n) is 5.30. The lowest BCUT2D eigenvalue weighted by Gasteiger charge is -2.38. The number of carbonyl (C=O) groups is 1. The summed E-state index contributed by atoms with van der Waals surface area (Å²) in [6.45, 7) is 6.26. The number of amides is 1. The zero-order valence-electron chi connectivity index (χ0n) is 21.4. The van der Waals surface area contributed by atoms with Crippen molar-refractivity contribution in [2.45, 2.75) is 51.7 Å². The number of hydrogen-bond acceptors (Lipinski definition) is 6. The Kier molecular flexibility index (Phi) is 8.29. The van der Waals surface area contributed by atoms with Crippen LogP contribution in [0.3, 0.4) is 0 Å². The van der Waals surface area contributed by atoms with E-state index in [0.29, 0.717) is 18.0 Å². The third-order valence-electron chi connectivity index (χ3n) is 7.46. The molecule has 1 N–H and O–H groups in total. The fourth-order valence-corrected chi connectivity index (χ4v) is 5.30. The molecule has 1 fully saturated rings. The summed E-state index contributed by atoms with van der Waals surface area (Å²) in [5.41, 5.74) is 2.16. The van der Waals surface area contributed by atoms with Gasteiger partial charge in [0.05, 0.1) is 19.8 Å². The second kappa shape index (κ2) is 11.4. The Balaban J connectivity index is 1.65. The first-order valence-electron chi connectivity index (χ1n) is 12.8. The van der Waals surface area contributed by atoms with E-state index in [-0.39, 0.29) is 30.6 Å². The van der Waals surface area contributed by atoms with Crippen molar-refractivity contribution in [1.82, 2.24) is 14.8 Å². The van der Waals surface area contributed by atoms with Crippen molar-refractivity contribution in [2.75, 3.05) is 40.4 Å². The van der Waals surface area contributed by atoms with Gasteiger partial charge in [-0.2, -0.15) is 0 Å². The summed E-state index contributed by atoms with van der Waals surface area (Å²) in [4.78, 5) is 22.4. The maximum absolute atomic E-state index is 13.7. The van der Waals surface area contributed by atoms with Crippen molar-refractivity contribution in [2.24, 2.45) is 11.8 Å². The number of methoxy groups -OCH3 is 1. The summed E-state index contributed by atoms with van der Waals surface area (Å²) in [5, 5.41) is 9.90. The van der Waals surface area contributed by atoms with Crippen LogP contribution in [0.15, 0.2) is 36.5 Å². The van der Waals surface area contributed by atoms with Gasteiger partial charge >= 0.3 is 0 Å². The number of pyridine rings is 1. The number of ether oxygens (including phenoxy) is 2. The highest BCUT2D eigenvalue weighted by Crippen LogP contribution is 2.32. The van der Waals surface area contributed by atoms with Gasteiger partial charge in [0, 0.05) is 37.3 Å². The number of rotatable bonds is 8. The van der Waals surface area contributed by atoms with E-state index in [1.807, 2.05) is 37.3 Å². The van der Waals surface area contributed by atoms with E-state index in [4.69, 9.17) is 9.47 Å². The molecule has 2 aliphatic rings. The Labute approximate surface area is 209 Å². The van der Waals surface area contributed by atoms with Crippen LogP contribution in [0.4, 0.5) is 0 Å². The monoisotopic (exact) mass is 481 g/mol. The van der Waals surface area contributed by atoms with E-state index in [9.17, 15) is 9.90 Å². The number of hydrogen-bond donors (Lipinski definition) is 1. The second-order valence-electron chi connectivity index (χ2n) is 10.3. The summed E-state index contributed by atoms with van der Waals surface area (Å²) in [7, 11) is 3.79. The van der Waals surface area contributed by atoms with Crippen LogP contribution in [0, 0.1) is 11.8 Å². The van der Waals surface area contributed by atoms with Gasteiger partial charge in [0.15, 0.2) is 0 Å². The van der Waals surface area contributed by atoms with Gasteiger partial charge in [-0.25, -0.2) is 4.98 Å². The van der Waals surface area contributed by atoms with Crippen LogP contribution in [-0.2, 0) is 0 Å². The fraction of sp³-hybridized carbons (Fsp3) is 0.571. The summed E-state index contributed by atoms with van der Waals surface area (Å²) in [6.07, 6.45) is 6.91. The molecule has 190 valence electrons. The highest BCUT2D eigenvalue weighted by molar-refractivity contribution is 5.98. The highest BCUT2D eigenvalue weighted by Gasteiger charge is 2.34. The van der Waals surface area contributed by atoms with Gasteiger partial charge in [0.25, 0.3) is 5.91 Å². The van der Waals surface area contributed by atoms with E-state index in [0.717, 1.165) is 35.9 Å². The van der Waals surface area contributed by atoms with E-state index >= 15 is 0 Å². The number of aliphatic hydroxyl groups is 1. The van der Waals surface area contributed by atoms with Crippen molar-refractivity contribution in [3.05, 3.63) is 42.1 Å². The van der Waals surface area contributed by atoms with Crippen molar-refractivity contribution in [1.29, 1.82) is 0 Å². The van der Waals surface area contributed by atoms with Crippen LogP contribution in [0.1, 0.15) is 49.9 Å². The minimum Gasteiger partial charge on any atom is -0.497 e. The molecule has 7 heteroatoms. The molecule has 4 rings (SSSR count). The molecular formula is C28H39N3O4. The van der Waals surface area contributed by atoms with Crippen LogP contribution in [0.25, 0.3) is 11.1 Å². The Bertz CT molecular complexity index is 1010. The number of aromatic nitrogens is 1. The second-order valence-corrected chi connectivity index (χ2v) is 10.3. The Morgan fingerprint density at radius 3 is 2.71 bits per heavy atom. The first-order chi connectivity index (χ1) is 16.9. The maximum atomic E-state index is 13.7. The zero-order valence-corrected chi connectivity index (χ0v) is 21.4. The minimum absolute atomic E-state index is 0.0898. The predicted molar refractivity (Wildman–Crippen MR) is 137 cm³/mol. The number of fused-ring (bicyclic) bond motifs is 1. The number of likely N-dealkylation sites (N-methyl/N-ethyl adjacent to an activating group) is 1. The zero-order chi connectivity index (χ0) is 24.9. The molecule has 2 heterocycles. The molecule has 1 aromatic carbocycles. The SMILES string of the molecule is COc1cccc(-c2cnc3c(c2)C(=O)N([C@H](C)CO)C[C@H](C)[C@H](CN(C)CC2CCCC2)O3)c1. The van der Waals surface area contributed by atoms with Crippen LogP contribution < -0.4 is 9.47 Å². The van der Waals surface area contributed by atoms with E-state index < -0.39 is 0 Å². The lowest BCUT2D eigenvalue weighted by molar-refractivity contribution is 0.0320. The minimum atomic E-state index is -0.298. The van der Waals surface area contributed by atoms with Gasteiger partial charge in [-0.15, -0.1) is 0 Å². The lowest BCUT2D eigenvalue weighted by atomic mass is 9.98. The van der Waals surface area contributed by atoms with E-state index in [2.05, 4.69) is 23.9 Å². The largest absolute Gasteiger partial charge is 0.497 e. The molecule has 7 nitrogen and oxygen atoms in total. The van der Waals surface area contributed by atoms with Gasteiger partial charge in [0.2, 0.25) is 5.88 Å². The van der Waals surface area contributed by atoms with Crippen LogP contribution in [-0.4, -0.2) is 78.3 Å². The smallest absolute Gasteiger partial charge is 0.259 e. The van der Waals surface area contributed by atoms with E-state index in [1.54, 1.807) is 18.2 Å². The van der Waals surface area contributed by atoms with Crippen LogP contribution in [0.5, 0.6) is 11.6 Å². The van der Waals surface area contributed by atoms with Gasteiger partial charge in [-0.05, 0) is 56.5 Å². The average Bonchev–Trinajstić information content (AvgIpc) is 3.38. The molecule has 35 heavy (non-hydrogen) atoms. The normalized spacial score (nSPS) is 21.9. The Morgan fingerprint density at radius 2 is 2.00 bits per heavy atom. The lowest BCUT2D eigenvalue weighted by Crippen LogP contribution is -2.50. The van der Waals surface area contributed by atoms with Crippen LogP contribution >= 0.6 is 0 Å². The number of carbonyl (C=O) groups excluding carboxylic acids is 1. The summed E-state index contributed by atoms with van der Waals surface area (Å²) in [5.74, 6) is 1.79. The molecule has 0 radical (unpaired) electrons. The molecular weight excluding hydrogens is 442 g/mol. The molecule has 1 amide bonds. The number of benzene rings is 1. The average molecular weight is 482 g/mol. The molecule has 1 saturated carbocycles. The predicted octanol–water partition coefficient (Wildman–Crippen LogP) is 4.10. The third kappa shape index (κ3) is 5.96. The third-order valence-corrected chi connectivity index (χ3v) is 7.46. The number of nitrogens with zero attached hydrogens (tertiary/aromatic N) is 3. The van der Waals surface area contributed by atoms with Gasteiger partial charge in [-0.1, -0.05) is 31.9 Å². The quantitative estimate of drug-likeness (QED) is 0.612. The Morgan fingerprint density at radius 1 is 1.23 bits per heavy atom. The first-order valence-corrected chi connectivity index (χ1v) is 12.8. The van der Waals surface area contributed by atoms with E-state index in [1.165, 1.54) is 25.7 Å². The van der Waals surface area contributed by atoms with Gasteiger partial charge in [0.1, 0.15) is 17.4 Å². The number of aliphatic hydroxyl groups excluding tert-OH is 1. The molecule has 1 aromatic heterocycles. The van der Waals surface area contributed by atoms with Crippen molar-refractivity contribution < 1.29 is 19.4 Å². The topological polar surface area (TPSA) is 75.1 Å². The Hall–Kier alpha value is -2.64. The molecule has 0 bridgehead atoms. The molecule has 1 aliphatic heterocycles. The van der Waals surface area contributed by atoms with Gasteiger partial charge in [-0.3, -0.25) is 4.79 Å². The standard InChI is InChI=1S/C28H39N3O4/c1-19-15-31(20(2)18-32)28(33)25-13-23(22-10-7-11-24(12-22)34-4)14-29-27(25)35-26(19)17-30(3)16-21-8-5-6-9-21/h7,10-14,19-21,26,32H,5-6,8-9,15-18H2,1-4H3/t19-,20+,26-/m0/s1. The summed E-state index contributed by atoms with van der Waals surface area (Å²) >= 11 is 0. The van der Waals surface area contributed by atoms with Crippen molar-refractivity contribution >= 4 is 5.91 Å². The molecule has 0 spiro atoms. The summed E-state index contributed by atoms with van der Waals surface area (Å²) in [6, 6.07) is 9.25. The summed E-state index contributed by atoms with van der Waals surface area (Å²) < 4.78 is 11.8. The molecule has 1 aliphatic carbocycles. The first kappa shape index (κ1) is 25.5. The van der Waals surface area contributed by atoms with Crippen molar-refractivity contribution in [3.63, 3.8) is 0 Å². The van der Waals surface area contributed by atoms with Crippen molar-refractivity contribution in [3.8, 4) is 22.8 Å². The molecule has 2 aromatic rings. The van der Waals surface area contributed by atoms with Crippen LogP contribution in [0.2, 0.25) is 0 Å². The molecule has 0 unspecified atom stereocenters. The highest BCUT2D eigenvalue weighted by atomic mass is 16.5. The van der Waals surface area contributed by atoms with Gasteiger partial charge < -0.3 is 24.4 Å².